The Hall–Kier alpha value is -2.20. The van der Waals surface area contributed by atoms with Crippen LogP contribution < -0.4 is 10.6 Å². The molecule has 4 nitrogen and oxygen atoms in total. The molecule has 2 heterocycles. The molecule has 1 amide bonds. The number of rotatable bonds is 5. The van der Waals surface area contributed by atoms with Crippen molar-refractivity contribution in [2.75, 3.05) is 6.54 Å². The number of benzene rings is 1. The molecule has 0 spiro atoms. The minimum Gasteiger partial charge on any atom is -0.352 e. The summed E-state index contributed by atoms with van der Waals surface area (Å²) in [4.78, 5) is 16.4. The molecule has 1 aromatic carbocycles. The Labute approximate surface area is 131 Å². The third kappa shape index (κ3) is 3.92. The van der Waals surface area contributed by atoms with E-state index in [4.69, 9.17) is 0 Å². The minimum atomic E-state index is 0.109. The van der Waals surface area contributed by atoms with Gasteiger partial charge in [-0.05, 0) is 37.1 Å². The van der Waals surface area contributed by atoms with E-state index in [0.717, 1.165) is 29.8 Å². The molecule has 1 aliphatic rings. The van der Waals surface area contributed by atoms with Crippen molar-refractivity contribution in [3.8, 4) is 11.3 Å². The molecule has 2 N–H and O–H groups in total. The summed E-state index contributed by atoms with van der Waals surface area (Å²) < 4.78 is 0. The predicted molar refractivity (Wildman–Crippen MR) is 87.2 cm³/mol. The number of aromatic nitrogens is 1. The van der Waals surface area contributed by atoms with Crippen LogP contribution in [0.15, 0.2) is 48.7 Å². The van der Waals surface area contributed by atoms with Crippen molar-refractivity contribution in [1.29, 1.82) is 0 Å². The molecule has 3 rings (SSSR count). The predicted octanol–water partition coefficient (Wildman–Crippen LogP) is 2.51. The summed E-state index contributed by atoms with van der Waals surface area (Å²) in [6, 6.07) is 14.4. The number of hydrogen-bond acceptors (Lipinski definition) is 3. The normalized spacial score (nSPS) is 17.4. The van der Waals surface area contributed by atoms with E-state index < -0.39 is 0 Å². The number of nitrogens with zero attached hydrogens (tertiary/aromatic N) is 1. The van der Waals surface area contributed by atoms with Gasteiger partial charge in [0.05, 0.1) is 5.69 Å². The molecule has 4 heteroatoms. The SMILES string of the molecule is O=C(CC1CCCN1)NCc1ccnc(-c2ccccc2)c1. The van der Waals surface area contributed by atoms with Crippen LogP contribution in [0.4, 0.5) is 0 Å². The van der Waals surface area contributed by atoms with Crippen molar-refractivity contribution >= 4 is 5.91 Å². The summed E-state index contributed by atoms with van der Waals surface area (Å²) in [6.07, 6.45) is 4.63. The lowest BCUT2D eigenvalue weighted by molar-refractivity contribution is -0.121. The van der Waals surface area contributed by atoms with Gasteiger partial charge >= 0.3 is 0 Å². The van der Waals surface area contributed by atoms with E-state index >= 15 is 0 Å². The zero-order valence-electron chi connectivity index (χ0n) is 12.6. The molecular formula is C18H21N3O. The standard InChI is InChI=1S/C18H21N3O/c22-18(12-16-7-4-9-19-16)21-13-14-8-10-20-17(11-14)15-5-2-1-3-6-15/h1-3,5-6,8,10-11,16,19H,4,7,9,12-13H2,(H,21,22). The largest absolute Gasteiger partial charge is 0.352 e. The number of hydrogen-bond donors (Lipinski definition) is 2. The molecule has 2 aromatic rings. The van der Waals surface area contributed by atoms with Crippen LogP contribution >= 0.6 is 0 Å². The van der Waals surface area contributed by atoms with Crippen LogP contribution in [-0.4, -0.2) is 23.5 Å². The monoisotopic (exact) mass is 295 g/mol. The molecule has 1 atom stereocenters. The fraction of sp³-hybridized carbons (Fsp3) is 0.333. The topological polar surface area (TPSA) is 54.0 Å². The van der Waals surface area contributed by atoms with Crippen LogP contribution in [0.1, 0.15) is 24.8 Å². The average molecular weight is 295 g/mol. The van der Waals surface area contributed by atoms with Crippen molar-refractivity contribution in [3.05, 3.63) is 54.2 Å². The highest BCUT2D eigenvalue weighted by Gasteiger charge is 2.17. The highest BCUT2D eigenvalue weighted by atomic mass is 16.1. The molecule has 114 valence electrons. The van der Waals surface area contributed by atoms with Gasteiger partial charge in [-0.25, -0.2) is 0 Å². The van der Waals surface area contributed by atoms with Crippen molar-refractivity contribution in [1.82, 2.24) is 15.6 Å². The second-order valence-corrected chi connectivity index (χ2v) is 5.69. The summed E-state index contributed by atoms with van der Waals surface area (Å²) in [5, 5.41) is 6.34. The Balaban J connectivity index is 1.57. The highest BCUT2D eigenvalue weighted by molar-refractivity contribution is 5.76. The summed E-state index contributed by atoms with van der Waals surface area (Å²) >= 11 is 0. The molecule has 0 aliphatic carbocycles. The van der Waals surface area contributed by atoms with Gasteiger partial charge in [0.15, 0.2) is 0 Å². The number of carbonyl (C=O) groups excluding carboxylic acids is 1. The van der Waals surface area contributed by atoms with Crippen LogP contribution in [0.25, 0.3) is 11.3 Å². The van der Waals surface area contributed by atoms with E-state index in [-0.39, 0.29) is 5.91 Å². The number of carbonyl (C=O) groups is 1. The smallest absolute Gasteiger partial charge is 0.221 e. The van der Waals surface area contributed by atoms with Crippen molar-refractivity contribution in [3.63, 3.8) is 0 Å². The van der Waals surface area contributed by atoms with Crippen molar-refractivity contribution in [2.45, 2.75) is 31.8 Å². The third-order valence-corrected chi connectivity index (χ3v) is 3.98. The second-order valence-electron chi connectivity index (χ2n) is 5.69. The first-order valence-corrected chi connectivity index (χ1v) is 7.82. The molecule has 22 heavy (non-hydrogen) atoms. The van der Waals surface area contributed by atoms with Gasteiger partial charge in [0.1, 0.15) is 0 Å². The average Bonchev–Trinajstić information content (AvgIpc) is 3.07. The fourth-order valence-corrected chi connectivity index (χ4v) is 2.78. The van der Waals surface area contributed by atoms with E-state index in [1.54, 1.807) is 6.20 Å². The molecule has 0 radical (unpaired) electrons. The first-order valence-electron chi connectivity index (χ1n) is 7.82. The van der Waals surface area contributed by atoms with Crippen molar-refractivity contribution < 1.29 is 4.79 Å². The molecule has 1 aromatic heterocycles. The molecule has 0 saturated carbocycles. The van der Waals surface area contributed by atoms with E-state index in [1.807, 2.05) is 42.5 Å². The number of pyridine rings is 1. The minimum absolute atomic E-state index is 0.109. The lowest BCUT2D eigenvalue weighted by Gasteiger charge is -2.11. The maximum atomic E-state index is 12.0. The quantitative estimate of drug-likeness (QED) is 0.891. The summed E-state index contributed by atoms with van der Waals surface area (Å²) in [6.45, 7) is 1.58. The number of nitrogens with one attached hydrogen (secondary N) is 2. The summed E-state index contributed by atoms with van der Waals surface area (Å²) in [7, 11) is 0. The van der Waals surface area contributed by atoms with Gasteiger partial charge in [-0.2, -0.15) is 0 Å². The van der Waals surface area contributed by atoms with Crippen LogP contribution in [0.2, 0.25) is 0 Å². The summed E-state index contributed by atoms with van der Waals surface area (Å²) in [5.74, 6) is 0.109. The Bertz CT molecular complexity index is 621. The van der Waals surface area contributed by atoms with Crippen LogP contribution in [-0.2, 0) is 11.3 Å². The van der Waals surface area contributed by atoms with E-state index in [2.05, 4.69) is 15.6 Å². The molecule has 1 fully saturated rings. The van der Waals surface area contributed by atoms with Gasteiger partial charge in [0, 0.05) is 30.8 Å². The van der Waals surface area contributed by atoms with Crippen LogP contribution in [0.3, 0.4) is 0 Å². The Morgan fingerprint density at radius 1 is 1.27 bits per heavy atom. The molecule has 0 bridgehead atoms. The third-order valence-electron chi connectivity index (χ3n) is 3.98. The lowest BCUT2D eigenvalue weighted by Crippen LogP contribution is -2.31. The maximum Gasteiger partial charge on any atom is 0.221 e. The van der Waals surface area contributed by atoms with Gasteiger partial charge in [0.2, 0.25) is 5.91 Å². The van der Waals surface area contributed by atoms with Gasteiger partial charge < -0.3 is 10.6 Å². The molecular weight excluding hydrogens is 274 g/mol. The van der Waals surface area contributed by atoms with E-state index in [0.29, 0.717) is 19.0 Å². The van der Waals surface area contributed by atoms with Crippen molar-refractivity contribution in [2.24, 2.45) is 0 Å². The van der Waals surface area contributed by atoms with E-state index in [1.165, 1.54) is 6.42 Å². The Morgan fingerprint density at radius 3 is 2.91 bits per heavy atom. The van der Waals surface area contributed by atoms with Gasteiger partial charge in [0.25, 0.3) is 0 Å². The zero-order valence-corrected chi connectivity index (χ0v) is 12.6. The Morgan fingerprint density at radius 2 is 2.14 bits per heavy atom. The van der Waals surface area contributed by atoms with Crippen LogP contribution in [0, 0.1) is 0 Å². The second kappa shape index (κ2) is 7.18. The Kier molecular flexibility index (Phi) is 4.81. The molecule has 1 unspecified atom stereocenters. The van der Waals surface area contributed by atoms with E-state index in [9.17, 15) is 4.79 Å². The fourth-order valence-electron chi connectivity index (χ4n) is 2.78. The zero-order chi connectivity index (χ0) is 15.2. The number of amides is 1. The molecule has 1 saturated heterocycles. The highest BCUT2D eigenvalue weighted by Crippen LogP contribution is 2.17. The van der Waals surface area contributed by atoms with Gasteiger partial charge in [-0.15, -0.1) is 0 Å². The van der Waals surface area contributed by atoms with Gasteiger partial charge in [-0.1, -0.05) is 30.3 Å². The first-order chi connectivity index (χ1) is 10.8. The molecule has 1 aliphatic heterocycles. The van der Waals surface area contributed by atoms with Gasteiger partial charge in [-0.3, -0.25) is 9.78 Å². The lowest BCUT2D eigenvalue weighted by atomic mass is 10.1. The maximum absolute atomic E-state index is 12.0. The summed E-state index contributed by atoms with van der Waals surface area (Å²) in [5.41, 5.74) is 3.09. The first kappa shape index (κ1) is 14.7. The van der Waals surface area contributed by atoms with Crippen LogP contribution in [0.5, 0.6) is 0 Å².